The van der Waals surface area contributed by atoms with Gasteiger partial charge in [0.1, 0.15) is 22.9 Å². The van der Waals surface area contributed by atoms with E-state index in [0.29, 0.717) is 0 Å². The average molecular weight is 1660 g/mol. The van der Waals surface area contributed by atoms with Crippen LogP contribution in [0.5, 0.6) is 0 Å². The zero-order valence-corrected chi connectivity index (χ0v) is 70.7. The summed E-state index contributed by atoms with van der Waals surface area (Å²) in [6.45, 7) is 0. The lowest BCUT2D eigenvalue weighted by atomic mass is 9.67. The molecule has 0 amide bonds. The van der Waals surface area contributed by atoms with Crippen LogP contribution in [-0.2, 0) is 14.5 Å². The number of rotatable bonds is 15. The first-order chi connectivity index (χ1) is 62.7. The molecule has 0 fully saturated rings. The van der Waals surface area contributed by atoms with E-state index in [4.69, 9.17) is 19.9 Å². The number of hydrogen-bond acceptors (Lipinski definition) is 6. The Kier molecular flexibility index (Phi) is 18.9. The van der Waals surface area contributed by atoms with Gasteiger partial charge in [0.05, 0.1) is 38.5 Å². The summed E-state index contributed by atoms with van der Waals surface area (Å²) in [7, 11) is -6.18. The van der Waals surface area contributed by atoms with E-state index >= 15 is 4.57 Å². The highest BCUT2D eigenvalue weighted by Gasteiger charge is 2.47. The number of benzene rings is 19. The molecule has 0 saturated carbocycles. The Morgan fingerprint density at radius 2 is 0.488 bits per heavy atom. The molecule has 10 heteroatoms. The molecule has 0 spiro atoms. The molecule has 0 atom stereocenters. The van der Waals surface area contributed by atoms with Crippen LogP contribution < -0.4 is 31.8 Å². The molecule has 4 aromatic heterocycles. The summed E-state index contributed by atoms with van der Waals surface area (Å²) in [5.41, 5.74) is 27.3. The standard InChI is InChI=1S/C63H42N3OP.C54H36N3OP/c67-68(50-24-12-4-13-25-50,51-26-14-5-15-27-51)52-35-30-43(31-36-52)46-32-37-53-54-38-33-47(42-57(54)63(56(53)41-46,48-20-8-2-9-21-48)49-22-10-3-11-23-49)45-34-39-58-55(40-45)62-65-59-28-16-17-29-60(59)66(62)61(64-58)44-18-6-1-7-19-44;58-59(46-13-3-1-4-14-46,47-15-5-2-6-16-47)48-32-29-39(30-33-48)38-23-26-42(27-24-38)53-55-50-34-31-45(36-49(50)54-56-51-17-9-10-18-52(51)57(53)54)41-21-19-40(20-22-41)44-28-25-37-11-7-8-12-43(37)35-44/h1-42H;1-36H. The van der Waals surface area contributed by atoms with Crippen molar-refractivity contribution in [2.24, 2.45) is 0 Å². The van der Waals surface area contributed by atoms with E-state index in [2.05, 4.69) is 330 Å². The van der Waals surface area contributed by atoms with Gasteiger partial charge >= 0.3 is 0 Å². The molecule has 23 aromatic rings. The van der Waals surface area contributed by atoms with Gasteiger partial charge in [-0.1, -0.05) is 406 Å². The van der Waals surface area contributed by atoms with E-state index in [-0.39, 0.29) is 0 Å². The molecule has 8 nitrogen and oxygen atoms in total. The van der Waals surface area contributed by atoms with Gasteiger partial charge in [-0.15, -0.1) is 0 Å². The zero-order valence-electron chi connectivity index (χ0n) is 68.9. The number of para-hydroxylation sites is 4. The number of imidazole rings is 2. The summed E-state index contributed by atoms with van der Waals surface area (Å²) in [6, 6.07) is 164. The van der Waals surface area contributed by atoms with Crippen LogP contribution in [0.4, 0.5) is 0 Å². The molecule has 598 valence electrons. The number of fused-ring (bicyclic) bond motifs is 14. The third kappa shape index (κ3) is 13.1. The van der Waals surface area contributed by atoms with Crippen molar-refractivity contribution in [2.45, 2.75) is 5.41 Å². The predicted octanol–water partition coefficient (Wildman–Crippen LogP) is 26.5. The van der Waals surface area contributed by atoms with Crippen LogP contribution in [-0.4, -0.2) is 28.7 Å². The van der Waals surface area contributed by atoms with Gasteiger partial charge in [-0.2, -0.15) is 0 Å². The highest BCUT2D eigenvalue weighted by molar-refractivity contribution is 7.85. The average Bonchev–Trinajstić information content (AvgIpc) is 1.54. The van der Waals surface area contributed by atoms with Gasteiger partial charge in [-0.3, -0.25) is 8.80 Å². The molecule has 0 N–H and O–H groups in total. The minimum Gasteiger partial charge on any atom is -0.309 e. The van der Waals surface area contributed by atoms with Crippen molar-refractivity contribution < 1.29 is 9.13 Å². The Hall–Kier alpha value is -15.8. The van der Waals surface area contributed by atoms with Gasteiger partial charge in [0, 0.05) is 53.7 Å². The molecule has 0 aliphatic heterocycles. The molecular weight excluding hydrogens is 1580 g/mol. The molecule has 0 bridgehead atoms. The number of hydrogen-bond donors (Lipinski definition) is 0. The largest absolute Gasteiger partial charge is 0.309 e. The van der Waals surface area contributed by atoms with E-state index in [1.54, 1.807) is 0 Å². The highest BCUT2D eigenvalue weighted by Crippen LogP contribution is 2.58. The maximum absolute atomic E-state index is 15.3. The molecule has 0 radical (unpaired) electrons. The Balaban J connectivity index is 0.000000147. The second-order valence-corrected chi connectivity index (χ2v) is 38.1. The van der Waals surface area contributed by atoms with E-state index in [1.165, 1.54) is 55.3 Å². The van der Waals surface area contributed by atoms with Crippen molar-refractivity contribution in [1.29, 1.82) is 0 Å². The fraction of sp³-hybridized carbons (Fsp3) is 0.00855. The summed E-state index contributed by atoms with van der Waals surface area (Å²) in [6.07, 6.45) is 0. The molecular formula is C117H78N6O2P2. The normalized spacial score (nSPS) is 12.4. The van der Waals surface area contributed by atoms with Gasteiger partial charge in [-0.05, 0) is 167 Å². The van der Waals surface area contributed by atoms with Crippen LogP contribution in [0.15, 0.2) is 473 Å². The first-order valence-electron chi connectivity index (χ1n) is 42.9. The Morgan fingerprint density at radius 1 is 0.205 bits per heavy atom. The molecule has 127 heavy (non-hydrogen) atoms. The van der Waals surface area contributed by atoms with E-state index in [0.717, 1.165) is 154 Å². The van der Waals surface area contributed by atoms with Crippen molar-refractivity contribution in [3.8, 4) is 89.5 Å². The molecule has 0 saturated heterocycles. The third-order valence-electron chi connectivity index (χ3n) is 25.4. The van der Waals surface area contributed by atoms with Crippen LogP contribution in [0.1, 0.15) is 22.3 Å². The van der Waals surface area contributed by atoms with Crippen LogP contribution >= 0.6 is 14.3 Å². The van der Waals surface area contributed by atoms with Gasteiger partial charge in [0.2, 0.25) is 0 Å². The summed E-state index contributed by atoms with van der Waals surface area (Å²) in [5.74, 6) is 1.71. The number of aromatic nitrogens is 6. The van der Waals surface area contributed by atoms with Crippen molar-refractivity contribution in [2.75, 3.05) is 0 Å². The van der Waals surface area contributed by atoms with Crippen molar-refractivity contribution >= 4 is 112 Å². The summed E-state index contributed by atoms with van der Waals surface area (Å²) in [5, 5.41) is 9.41. The van der Waals surface area contributed by atoms with Crippen molar-refractivity contribution in [3.63, 3.8) is 0 Å². The minimum absolute atomic E-state index is 0.632. The lowest BCUT2D eigenvalue weighted by Crippen LogP contribution is -2.28. The molecule has 24 rings (SSSR count). The third-order valence-corrected chi connectivity index (χ3v) is 31.6. The van der Waals surface area contributed by atoms with Gasteiger partial charge in [-0.25, -0.2) is 19.9 Å². The Morgan fingerprint density at radius 3 is 0.913 bits per heavy atom. The second-order valence-electron chi connectivity index (χ2n) is 32.6. The summed E-state index contributed by atoms with van der Waals surface area (Å²) < 4.78 is 34.6. The van der Waals surface area contributed by atoms with Gasteiger partial charge in [0.25, 0.3) is 0 Å². The van der Waals surface area contributed by atoms with E-state index < -0.39 is 19.7 Å². The van der Waals surface area contributed by atoms with Crippen LogP contribution in [0.3, 0.4) is 0 Å². The lowest BCUT2D eigenvalue weighted by molar-refractivity contribution is 0.591. The molecule has 0 unspecified atom stereocenters. The molecule has 1 aliphatic rings. The SMILES string of the molecule is O=P(c1ccccc1)(c1ccccc1)c1ccc(-c2ccc(-c3nc4ccc(-c5ccc(-c6ccc7ccccc7c6)cc5)cc4c4nc5ccccc5n34)cc2)cc1.O=P(c1ccccc1)(c1ccccc1)c1ccc(-c2ccc3c(c2)C(c2ccccc2)(c2ccccc2)c2cc(-c4ccc5nc(-c6ccccc6)n6c7ccccc7nc6c5c4)ccc2-3)cc1. The van der Waals surface area contributed by atoms with Gasteiger partial charge in [0.15, 0.2) is 14.3 Å². The van der Waals surface area contributed by atoms with Crippen LogP contribution in [0, 0.1) is 0 Å². The molecule has 1 aliphatic carbocycles. The summed E-state index contributed by atoms with van der Waals surface area (Å²) in [4.78, 5) is 21.0. The fourth-order valence-electron chi connectivity index (χ4n) is 19.2. The quantitative estimate of drug-likeness (QED) is 0.0949. The zero-order chi connectivity index (χ0) is 84.6. The number of nitrogens with zero attached hydrogens (tertiary/aromatic N) is 6. The molecule has 4 heterocycles. The highest BCUT2D eigenvalue weighted by atomic mass is 31.2. The maximum Gasteiger partial charge on any atom is 0.171 e. The lowest BCUT2D eigenvalue weighted by Gasteiger charge is -2.34. The minimum atomic E-state index is -3.13. The Labute approximate surface area is 735 Å². The van der Waals surface area contributed by atoms with Crippen molar-refractivity contribution in [1.82, 2.24) is 28.7 Å². The van der Waals surface area contributed by atoms with E-state index in [1.807, 2.05) is 152 Å². The first-order valence-corrected chi connectivity index (χ1v) is 46.3. The Bertz CT molecular complexity index is 8140. The van der Waals surface area contributed by atoms with E-state index in [9.17, 15) is 4.57 Å². The van der Waals surface area contributed by atoms with Gasteiger partial charge < -0.3 is 9.13 Å². The smallest absolute Gasteiger partial charge is 0.171 e. The summed E-state index contributed by atoms with van der Waals surface area (Å²) >= 11 is 0. The van der Waals surface area contributed by atoms with Crippen LogP contribution in [0.2, 0.25) is 0 Å². The first kappa shape index (κ1) is 76.1. The molecule has 19 aromatic carbocycles. The van der Waals surface area contributed by atoms with Crippen molar-refractivity contribution in [3.05, 3.63) is 495 Å². The fourth-order valence-corrected chi connectivity index (χ4v) is 24.5. The van der Waals surface area contributed by atoms with Crippen LogP contribution in [0.25, 0.3) is 155 Å². The second kappa shape index (κ2) is 31.5. The topological polar surface area (TPSA) is 94.5 Å². The monoisotopic (exact) mass is 1660 g/mol. The maximum atomic E-state index is 15.3. The predicted molar refractivity (Wildman–Crippen MR) is 528 cm³/mol.